The molecule has 0 radical (unpaired) electrons. The smallest absolute Gasteiger partial charge is 0.172 e. The first kappa shape index (κ1) is 36.2. The number of benzene rings is 9. The van der Waals surface area contributed by atoms with Crippen LogP contribution in [0.1, 0.15) is 0 Å². The summed E-state index contributed by atoms with van der Waals surface area (Å²) >= 11 is 5.23. The van der Waals surface area contributed by atoms with Crippen LogP contribution in [0.15, 0.2) is 217 Å². The summed E-state index contributed by atoms with van der Waals surface area (Å²) in [6, 6.07) is 71.8. The summed E-state index contributed by atoms with van der Waals surface area (Å²) < 4.78 is 25.2. The maximum absolute atomic E-state index is 6.42. The van der Waals surface area contributed by atoms with Crippen molar-refractivity contribution < 1.29 is 18.9 Å². The van der Waals surface area contributed by atoms with E-state index in [-0.39, 0.29) is 0 Å². The lowest BCUT2D eigenvalue weighted by molar-refractivity contribution is 0.360. The van der Waals surface area contributed by atoms with E-state index in [9.17, 15) is 0 Å². The predicted molar refractivity (Wildman–Crippen MR) is 247 cm³/mol. The topological polar surface area (TPSA) is 43.4 Å². The van der Waals surface area contributed by atoms with E-state index in [1.807, 2.05) is 103 Å². The Bertz CT molecular complexity index is 3050. The number of hydrogen-bond acceptors (Lipinski definition) is 7. The summed E-state index contributed by atoms with van der Waals surface area (Å²) in [4.78, 5) is 5.33. The fourth-order valence-corrected chi connectivity index (χ4v) is 8.38. The second-order valence-corrected chi connectivity index (χ2v) is 15.2. The van der Waals surface area contributed by atoms with Gasteiger partial charge in [-0.25, -0.2) is 0 Å². The fourth-order valence-electron chi connectivity index (χ4n) is 8.00. The van der Waals surface area contributed by atoms with Crippen LogP contribution >= 0.6 is 12.6 Å². The van der Waals surface area contributed by atoms with Crippen molar-refractivity contribution in [3.63, 3.8) is 0 Å². The van der Waals surface area contributed by atoms with Crippen LogP contribution in [0.3, 0.4) is 0 Å². The van der Waals surface area contributed by atoms with Gasteiger partial charge in [-0.3, -0.25) is 0 Å². The SMILES string of the molecule is Sc1cc(-c2ccc(N(c3ccccc3)c3ccc4c(c3)Oc3ccccc3O4)cc2)cc(N(c2ccccc2)c2ccc3c(c2)Oc2ccccc2O3)c1-c1ccccc1. The summed E-state index contributed by atoms with van der Waals surface area (Å²) in [5.41, 5.74) is 9.91. The number of fused-ring (bicyclic) bond motifs is 4. The molecule has 0 spiro atoms. The Labute approximate surface area is 359 Å². The van der Waals surface area contributed by atoms with E-state index in [1.54, 1.807) is 0 Å². The monoisotopic (exact) mass is 808 g/mol. The molecule has 61 heavy (non-hydrogen) atoms. The van der Waals surface area contributed by atoms with Gasteiger partial charge < -0.3 is 28.7 Å². The van der Waals surface area contributed by atoms with Crippen LogP contribution in [0.25, 0.3) is 22.3 Å². The Balaban J connectivity index is 1.01. The quantitative estimate of drug-likeness (QED) is 0.154. The Morgan fingerprint density at radius 2 is 0.672 bits per heavy atom. The molecule has 0 saturated carbocycles. The van der Waals surface area contributed by atoms with Crippen molar-refractivity contribution in [2.75, 3.05) is 9.80 Å². The standard InChI is InChI=1S/C54H36N2O4S/c61-53-33-38(36-24-26-41(27-25-36)55(39-16-6-2-7-17-39)42-28-30-49-51(34-42)59-47-22-12-10-20-45(47)57-49)32-44(54(53)37-14-4-1-5-15-37)56(40-18-8-3-9-19-40)43-29-31-50-52(35-43)60-48-23-13-11-21-46(48)58-50/h1-35,61H. The first-order chi connectivity index (χ1) is 30.1. The van der Waals surface area contributed by atoms with Crippen LogP contribution in [0.4, 0.5) is 34.1 Å². The number of ether oxygens (including phenoxy) is 4. The van der Waals surface area contributed by atoms with Gasteiger partial charge in [-0.1, -0.05) is 103 Å². The van der Waals surface area contributed by atoms with Crippen molar-refractivity contribution in [3.05, 3.63) is 212 Å². The van der Waals surface area contributed by atoms with Crippen LogP contribution in [0.2, 0.25) is 0 Å². The molecule has 292 valence electrons. The Morgan fingerprint density at radius 1 is 0.279 bits per heavy atom. The van der Waals surface area contributed by atoms with Gasteiger partial charge in [-0.2, -0.15) is 0 Å². The molecule has 0 N–H and O–H groups in total. The minimum atomic E-state index is 0.641. The van der Waals surface area contributed by atoms with Crippen LogP contribution in [-0.2, 0) is 0 Å². The van der Waals surface area contributed by atoms with E-state index < -0.39 is 0 Å². The van der Waals surface area contributed by atoms with E-state index in [0.29, 0.717) is 46.0 Å². The highest BCUT2D eigenvalue weighted by Crippen LogP contribution is 2.51. The van der Waals surface area contributed by atoms with E-state index in [1.165, 1.54) is 0 Å². The lowest BCUT2D eigenvalue weighted by atomic mass is 9.96. The highest BCUT2D eigenvalue weighted by Gasteiger charge is 2.26. The maximum Gasteiger partial charge on any atom is 0.172 e. The van der Waals surface area contributed by atoms with E-state index >= 15 is 0 Å². The highest BCUT2D eigenvalue weighted by atomic mass is 32.1. The van der Waals surface area contributed by atoms with Crippen LogP contribution in [-0.4, -0.2) is 0 Å². The molecule has 0 atom stereocenters. The van der Waals surface area contributed by atoms with Crippen molar-refractivity contribution >= 4 is 46.8 Å². The largest absolute Gasteiger partial charge is 0.450 e. The normalized spacial score (nSPS) is 11.9. The maximum atomic E-state index is 6.42. The van der Waals surface area contributed by atoms with E-state index in [2.05, 4.69) is 119 Å². The second-order valence-electron chi connectivity index (χ2n) is 14.7. The first-order valence-electron chi connectivity index (χ1n) is 20.0. The number of anilines is 6. The third kappa shape index (κ3) is 6.87. The molecule has 0 unspecified atom stereocenters. The molecule has 0 aromatic heterocycles. The zero-order valence-corrected chi connectivity index (χ0v) is 33.6. The molecule has 0 aliphatic carbocycles. The van der Waals surface area contributed by atoms with E-state index in [4.69, 9.17) is 31.6 Å². The lowest BCUT2D eigenvalue weighted by Crippen LogP contribution is -2.12. The van der Waals surface area contributed by atoms with Crippen molar-refractivity contribution in [3.8, 4) is 68.2 Å². The summed E-state index contributed by atoms with van der Waals surface area (Å²) in [6.45, 7) is 0. The van der Waals surface area contributed by atoms with Crippen LogP contribution in [0, 0.1) is 0 Å². The van der Waals surface area contributed by atoms with Crippen molar-refractivity contribution in [2.45, 2.75) is 4.90 Å². The second kappa shape index (κ2) is 15.4. The minimum Gasteiger partial charge on any atom is -0.450 e. The molecule has 0 bridgehead atoms. The number of para-hydroxylation sites is 6. The third-order valence-corrected chi connectivity index (χ3v) is 11.2. The Hall–Kier alpha value is -7.87. The molecule has 6 nitrogen and oxygen atoms in total. The van der Waals surface area contributed by atoms with Crippen LogP contribution < -0.4 is 28.7 Å². The van der Waals surface area contributed by atoms with Gasteiger partial charge in [0, 0.05) is 39.7 Å². The molecule has 2 aliphatic heterocycles. The first-order valence-corrected chi connectivity index (χ1v) is 20.5. The number of thiol groups is 1. The molecule has 9 aromatic carbocycles. The van der Waals surface area contributed by atoms with Gasteiger partial charge in [0.15, 0.2) is 46.0 Å². The van der Waals surface area contributed by atoms with Gasteiger partial charge >= 0.3 is 0 Å². The van der Waals surface area contributed by atoms with Gasteiger partial charge in [-0.05, 0) is 114 Å². The molecule has 11 rings (SSSR count). The lowest BCUT2D eigenvalue weighted by Gasteiger charge is -2.30. The Morgan fingerprint density at radius 3 is 1.20 bits per heavy atom. The summed E-state index contributed by atoms with van der Waals surface area (Å²) in [6.07, 6.45) is 0. The molecule has 0 saturated heterocycles. The summed E-state index contributed by atoms with van der Waals surface area (Å²) in [7, 11) is 0. The van der Waals surface area contributed by atoms with Crippen molar-refractivity contribution in [1.82, 2.24) is 0 Å². The van der Waals surface area contributed by atoms with Gasteiger partial charge in [0.25, 0.3) is 0 Å². The number of nitrogens with zero attached hydrogens (tertiary/aromatic N) is 2. The molecule has 0 amide bonds. The zero-order valence-electron chi connectivity index (χ0n) is 32.7. The van der Waals surface area contributed by atoms with Gasteiger partial charge in [0.1, 0.15) is 0 Å². The van der Waals surface area contributed by atoms with E-state index in [0.717, 1.165) is 61.3 Å². The molecular formula is C54H36N2O4S. The molecular weight excluding hydrogens is 773 g/mol. The molecule has 0 fully saturated rings. The summed E-state index contributed by atoms with van der Waals surface area (Å²) in [5, 5.41) is 0. The number of hydrogen-bond donors (Lipinski definition) is 1. The average molecular weight is 809 g/mol. The highest BCUT2D eigenvalue weighted by molar-refractivity contribution is 7.80. The molecule has 2 aliphatic rings. The molecule has 7 heteroatoms. The van der Waals surface area contributed by atoms with Gasteiger partial charge in [0.2, 0.25) is 0 Å². The fraction of sp³-hybridized carbons (Fsp3) is 0. The molecule has 9 aromatic rings. The number of rotatable bonds is 8. The minimum absolute atomic E-state index is 0.641. The van der Waals surface area contributed by atoms with Crippen molar-refractivity contribution in [1.29, 1.82) is 0 Å². The zero-order chi connectivity index (χ0) is 40.7. The van der Waals surface area contributed by atoms with Gasteiger partial charge in [-0.15, -0.1) is 12.6 Å². The van der Waals surface area contributed by atoms with Crippen LogP contribution in [0.5, 0.6) is 46.0 Å². The predicted octanol–water partition coefficient (Wildman–Crippen LogP) is 16.0. The molecule has 2 heterocycles. The summed E-state index contributed by atoms with van der Waals surface area (Å²) in [5.74, 6) is 5.40. The van der Waals surface area contributed by atoms with Gasteiger partial charge in [0.05, 0.1) is 17.1 Å². The third-order valence-electron chi connectivity index (χ3n) is 10.8. The average Bonchev–Trinajstić information content (AvgIpc) is 3.31. The van der Waals surface area contributed by atoms with Crippen molar-refractivity contribution in [2.24, 2.45) is 0 Å². The Kier molecular flexibility index (Phi) is 9.13.